The van der Waals surface area contributed by atoms with Crippen LogP contribution >= 0.6 is 0 Å². The second kappa shape index (κ2) is 10.2. The molecule has 2 atom stereocenters. The van der Waals surface area contributed by atoms with Gasteiger partial charge < -0.3 is 15.5 Å². The van der Waals surface area contributed by atoms with Gasteiger partial charge in [0.15, 0.2) is 6.54 Å². The van der Waals surface area contributed by atoms with Crippen LogP contribution in [0.1, 0.15) is 57.2 Å². The Morgan fingerprint density at radius 2 is 1.68 bits per heavy atom. The maximum absolute atomic E-state index is 12.2. The molecule has 1 aromatic rings. The third-order valence-corrected chi connectivity index (χ3v) is 4.85. The van der Waals surface area contributed by atoms with Crippen LogP contribution in [0.4, 0.5) is 0 Å². The van der Waals surface area contributed by atoms with Gasteiger partial charge in [-0.3, -0.25) is 9.59 Å². The summed E-state index contributed by atoms with van der Waals surface area (Å²) in [5, 5.41) is 4.61. The molecule has 0 saturated heterocycles. The Kier molecular flexibility index (Phi) is 8.62. The summed E-state index contributed by atoms with van der Waals surface area (Å²) in [4.78, 5) is 25.1. The summed E-state index contributed by atoms with van der Waals surface area (Å²) in [5.74, 6) is 0.782. The fourth-order valence-corrected chi connectivity index (χ4v) is 2.84. The zero-order valence-corrected chi connectivity index (χ0v) is 16.5. The number of nitrogens with two attached hydrogens (primary N) is 1. The minimum atomic E-state index is -0.156. The number of nitrogens with one attached hydrogen (secondary N) is 1. The van der Waals surface area contributed by atoms with Crippen LogP contribution in [-0.2, 0) is 9.59 Å². The van der Waals surface area contributed by atoms with Gasteiger partial charge >= 0.3 is 0 Å². The highest BCUT2D eigenvalue weighted by atomic mass is 16.2. The van der Waals surface area contributed by atoms with Gasteiger partial charge in [0.2, 0.25) is 5.91 Å². The van der Waals surface area contributed by atoms with E-state index in [9.17, 15) is 9.59 Å². The maximum atomic E-state index is 12.2. The zero-order chi connectivity index (χ0) is 19.0. The van der Waals surface area contributed by atoms with Crippen molar-refractivity contribution in [2.45, 2.75) is 46.1 Å². The number of carbonyl (C=O) groups is 2. The summed E-state index contributed by atoms with van der Waals surface area (Å²) in [5.41, 5.74) is 2.60. The van der Waals surface area contributed by atoms with Gasteiger partial charge in [-0.25, -0.2) is 0 Å². The van der Waals surface area contributed by atoms with Gasteiger partial charge in [-0.1, -0.05) is 52.0 Å². The quantitative estimate of drug-likeness (QED) is 0.713. The SMILES string of the molecule is CC[C@H](C)c1ccc([C@@H]([NH2+]CC(=O)N(C)CC(=O)NC)C(C)C)cc1. The topological polar surface area (TPSA) is 66.0 Å². The van der Waals surface area contributed by atoms with Crippen molar-refractivity contribution in [3.63, 3.8) is 0 Å². The molecule has 0 bridgehead atoms. The number of amides is 2. The van der Waals surface area contributed by atoms with E-state index in [2.05, 4.69) is 62.6 Å². The minimum absolute atomic E-state index is 0.0366. The molecule has 0 aromatic heterocycles. The molecule has 0 radical (unpaired) electrons. The van der Waals surface area contributed by atoms with Gasteiger partial charge in [0.25, 0.3) is 5.91 Å². The van der Waals surface area contributed by atoms with Crippen molar-refractivity contribution in [3.8, 4) is 0 Å². The molecule has 0 aliphatic carbocycles. The van der Waals surface area contributed by atoms with Crippen molar-refractivity contribution in [2.24, 2.45) is 5.92 Å². The first-order chi connectivity index (χ1) is 11.8. The number of hydrogen-bond donors (Lipinski definition) is 2. The summed E-state index contributed by atoms with van der Waals surface area (Å²) >= 11 is 0. The molecule has 0 fully saturated rings. The highest BCUT2D eigenvalue weighted by Crippen LogP contribution is 2.23. The molecule has 2 amide bonds. The van der Waals surface area contributed by atoms with Crippen LogP contribution in [0.5, 0.6) is 0 Å². The standard InChI is InChI=1S/C20H33N3O2/c1-7-15(4)16-8-10-17(11-9-16)20(14(2)3)22-12-19(25)23(6)13-18(24)21-5/h8-11,14-15,20,22H,7,12-13H2,1-6H3,(H,21,24)/p+1/t15-,20-/m0/s1. The van der Waals surface area contributed by atoms with E-state index in [1.54, 1.807) is 14.1 Å². The number of quaternary nitrogens is 1. The lowest BCUT2D eigenvalue weighted by Crippen LogP contribution is -2.88. The van der Waals surface area contributed by atoms with Crippen LogP contribution in [0, 0.1) is 5.92 Å². The van der Waals surface area contributed by atoms with Crippen molar-refractivity contribution in [3.05, 3.63) is 35.4 Å². The summed E-state index contributed by atoms with van der Waals surface area (Å²) in [6, 6.07) is 8.99. The maximum Gasteiger partial charge on any atom is 0.277 e. The lowest BCUT2D eigenvalue weighted by molar-refractivity contribution is -0.692. The lowest BCUT2D eigenvalue weighted by Gasteiger charge is -2.22. The molecule has 0 heterocycles. The van der Waals surface area contributed by atoms with Crippen molar-refractivity contribution in [1.29, 1.82) is 0 Å². The van der Waals surface area contributed by atoms with E-state index in [1.807, 2.05) is 0 Å². The first kappa shape index (κ1) is 21.2. The van der Waals surface area contributed by atoms with E-state index < -0.39 is 0 Å². The molecule has 0 aliphatic heterocycles. The van der Waals surface area contributed by atoms with Crippen LogP contribution in [0.15, 0.2) is 24.3 Å². The largest absolute Gasteiger partial charge is 0.358 e. The Morgan fingerprint density at radius 3 is 2.16 bits per heavy atom. The Bertz CT molecular complexity index is 555. The van der Waals surface area contributed by atoms with Crippen molar-refractivity contribution in [2.75, 3.05) is 27.2 Å². The van der Waals surface area contributed by atoms with E-state index in [4.69, 9.17) is 0 Å². The highest BCUT2D eigenvalue weighted by Gasteiger charge is 2.22. The monoisotopic (exact) mass is 348 g/mol. The van der Waals surface area contributed by atoms with Crippen LogP contribution < -0.4 is 10.6 Å². The molecular weight excluding hydrogens is 314 g/mol. The first-order valence-electron chi connectivity index (χ1n) is 9.17. The summed E-state index contributed by atoms with van der Waals surface area (Å²) in [7, 11) is 3.24. The molecule has 1 rings (SSSR count). The Labute approximate surface area is 152 Å². The van der Waals surface area contributed by atoms with Gasteiger partial charge in [-0.2, -0.15) is 0 Å². The number of nitrogens with zero attached hydrogens (tertiary/aromatic N) is 1. The van der Waals surface area contributed by atoms with E-state index in [0.29, 0.717) is 18.4 Å². The average Bonchev–Trinajstić information content (AvgIpc) is 2.60. The minimum Gasteiger partial charge on any atom is -0.358 e. The fourth-order valence-electron chi connectivity index (χ4n) is 2.84. The number of rotatable bonds is 9. The van der Waals surface area contributed by atoms with Gasteiger partial charge in [0.05, 0.1) is 6.54 Å². The molecule has 0 spiro atoms. The van der Waals surface area contributed by atoms with Crippen molar-refractivity contribution in [1.82, 2.24) is 10.2 Å². The summed E-state index contributed by atoms with van der Waals surface area (Å²) in [6.07, 6.45) is 1.13. The van der Waals surface area contributed by atoms with E-state index in [1.165, 1.54) is 16.0 Å². The number of hydrogen-bond acceptors (Lipinski definition) is 2. The second-order valence-corrected chi connectivity index (χ2v) is 7.11. The van der Waals surface area contributed by atoms with Crippen molar-refractivity contribution >= 4 is 11.8 Å². The molecule has 0 aliphatic rings. The van der Waals surface area contributed by atoms with Gasteiger partial charge in [-0.05, 0) is 17.9 Å². The van der Waals surface area contributed by atoms with Crippen molar-refractivity contribution < 1.29 is 14.9 Å². The Morgan fingerprint density at radius 1 is 1.12 bits per heavy atom. The van der Waals surface area contributed by atoms with Gasteiger partial charge in [-0.15, -0.1) is 0 Å². The smallest absolute Gasteiger partial charge is 0.277 e. The normalized spacial score (nSPS) is 13.4. The van der Waals surface area contributed by atoms with Gasteiger partial charge in [0, 0.05) is 25.6 Å². The number of carbonyl (C=O) groups excluding carboxylic acids is 2. The molecule has 5 nitrogen and oxygen atoms in total. The van der Waals surface area contributed by atoms with Crippen LogP contribution in [0.2, 0.25) is 0 Å². The number of benzene rings is 1. The fraction of sp³-hybridized carbons (Fsp3) is 0.600. The predicted octanol–water partition coefficient (Wildman–Crippen LogP) is 1.67. The molecular formula is C20H34N3O2+. The highest BCUT2D eigenvalue weighted by molar-refractivity contribution is 5.84. The van der Waals surface area contributed by atoms with Gasteiger partial charge in [0.1, 0.15) is 6.04 Å². The molecule has 25 heavy (non-hydrogen) atoms. The van der Waals surface area contributed by atoms with E-state index in [0.717, 1.165) is 6.42 Å². The van der Waals surface area contributed by atoms with E-state index >= 15 is 0 Å². The number of likely N-dealkylation sites (N-methyl/N-ethyl adjacent to an activating group) is 2. The van der Waals surface area contributed by atoms with Crippen LogP contribution in [0.25, 0.3) is 0 Å². The molecule has 140 valence electrons. The molecule has 0 saturated carbocycles. The predicted molar refractivity (Wildman–Crippen MR) is 101 cm³/mol. The van der Waals surface area contributed by atoms with Crippen LogP contribution in [0.3, 0.4) is 0 Å². The summed E-state index contributed by atoms with van der Waals surface area (Å²) in [6.45, 7) is 9.21. The van der Waals surface area contributed by atoms with E-state index in [-0.39, 0.29) is 24.4 Å². The average molecular weight is 349 g/mol. The third-order valence-electron chi connectivity index (χ3n) is 4.85. The summed E-state index contributed by atoms with van der Waals surface area (Å²) < 4.78 is 0. The first-order valence-corrected chi connectivity index (χ1v) is 9.17. The lowest BCUT2D eigenvalue weighted by atomic mass is 9.92. The molecule has 0 unspecified atom stereocenters. The van der Waals surface area contributed by atoms with Crippen LogP contribution in [-0.4, -0.2) is 43.9 Å². The second-order valence-electron chi connectivity index (χ2n) is 7.11. The molecule has 5 heteroatoms. The molecule has 1 aromatic carbocycles. The Hall–Kier alpha value is -1.88. The zero-order valence-electron chi connectivity index (χ0n) is 16.5. The third kappa shape index (κ3) is 6.50. The molecule has 3 N–H and O–H groups in total. The Balaban J connectivity index is 2.71.